The van der Waals surface area contributed by atoms with Crippen molar-refractivity contribution in [3.05, 3.63) is 60.1 Å². The second-order valence-electron chi connectivity index (χ2n) is 10.5. The molecule has 0 spiro atoms. The van der Waals surface area contributed by atoms with E-state index in [4.69, 9.17) is 0 Å². The number of alkyl halides is 3. The molecule has 2 aliphatic rings. The van der Waals surface area contributed by atoms with Crippen LogP contribution in [0.4, 0.5) is 34.8 Å². The number of aryl methyl sites for hydroxylation is 1. The van der Waals surface area contributed by atoms with Gasteiger partial charge in [-0.25, -0.2) is 9.37 Å². The predicted octanol–water partition coefficient (Wildman–Crippen LogP) is 3.52. The van der Waals surface area contributed by atoms with E-state index in [1.807, 2.05) is 0 Å². The van der Waals surface area contributed by atoms with Crippen LogP contribution in [0.1, 0.15) is 30.5 Å². The second-order valence-corrected chi connectivity index (χ2v) is 10.5. The van der Waals surface area contributed by atoms with Crippen LogP contribution in [0.5, 0.6) is 0 Å². The zero-order valence-corrected chi connectivity index (χ0v) is 23.7. The molecule has 3 heterocycles. The van der Waals surface area contributed by atoms with Crippen molar-refractivity contribution in [1.82, 2.24) is 15.2 Å². The number of likely N-dealkylation sites (tertiary alicyclic amines) is 1. The highest BCUT2D eigenvalue weighted by Gasteiger charge is 2.41. The van der Waals surface area contributed by atoms with Crippen molar-refractivity contribution in [3.8, 4) is 0 Å². The number of amides is 3. The molecule has 1 aromatic heterocycles. The van der Waals surface area contributed by atoms with Crippen LogP contribution in [-0.2, 0) is 20.6 Å². The number of pyridine rings is 1. The van der Waals surface area contributed by atoms with Gasteiger partial charge in [0.1, 0.15) is 17.7 Å². The zero-order chi connectivity index (χ0) is 30.8. The SMILES string of the molecule is C=CC(=O)N1CC(NCCCN(C)c2c(F)cccc2N(C)C(=O)C2CCC(=O)N2c2cc(C(F)(F)F)cc(C)n2)C1. The van der Waals surface area contributed by atoms with Gasteiger partial charge in [0.2, 0.25) is 17.7 Å². The van der Waals surface area contributed by atoms with Crippen molar-refractivity contribution in [1.29, 1.82) is 0 Å². The lowest BCUT2D eigenvalue weighted by atomic mass is 10.1. The summed E-state index contributed by atoms with van der Waals surface area (Å²) in [6.45, 7) is 7.14. The number of halogens is 4. The van der Waals surface area contributed by atoms with Gasteiger partial charge in [0.15, 0.2) is 0 Å². The van der Waals surface area contributed by atoms with Crippen molar-refractivity contribution < 1.29 is 31.9 Å². The molecular formula is C29H34F4N6O3. The van der Waals surface area contributed by atoms with E-state index >= 15 is 4.39 Å². The summed E-state index contributed by atoms with van der Waals surface area (Å²) in [4.78, 5) is 47.8. The zero-order valence-electron chi connectivity index (χ0n) is 23.7. The number of benzene rings is 1. The van der Waals surface area contributed by atoms with Crippen LogP contribution in [0.25, 0.3) is 0 Å². The summed E-state index contributed by atoms with van der Waals surface area (Å²) in [6.07, 6.45) is -2.67. The van der Waals surface area contributed by atoms with E-state index in [1.165, 1.54) is 37.1 Å². The maximum absolute atomic E-state index is 15.1. The first-order chi connectivity index (χ1) is 19.8. The second kappa shape index (κ2) is 12.5. The van der Waals surface area contributed by atoms with Gasteiger partial charge in [-0.05, 0) is 56.7 Å². The van der Waals surface area contributed by atoms with Gasteiger partial charge < -0.3 is 20.0 Å². The lowest BCUT2D eigenvalue weighted by Gasteiger charge is -2.39. The van der Waals surface area contributed by atoms with Crippen LogP contribution in [-0.4, -0.2) is 80.0 Å². The van der Waals surface area contributed by atoms with Crippen molar-refractivity contribution in [2.45, 2.75) is 44.4 Å². The Labute approximate surface area is 241 Å². The Hall–Kier alpha value is -4.00. The van der Waals surface area contributed by atoms with Crippen LogP contribution in [0, 0.1) is 12.7 Å². The molecule has 1 unspecified atom stereocenters. The third-order valence-electron chi connectivity index (χ3n) is 7.52. The molecule has 1 N–H and O–H groups in total. The predicted molar refractivity (Wildman–Crippen MR) is 151 cm³/mol. The molecule has 2 saturated heterocycles. The monoisotopic (exact) mass is 590 g/mol. The maximum Gasteiger partial charge on any atom is 0.416 e. The Morgan fingerprint density at radius 1 is 1.21 bits per heavy atom. The van der Waals surface area contributed by atoms with Crippen LogP contribution >= 0.6 is 0 Å². The minimum absolute atomic E-state index is 0.0371. The molecular weight excluding hydrogens is 556 g/mol. The summed E-state index contributed by atoms with van der Waals surface area (Å²) in [6, 6.07) is 5.06. The minimum atomic E-state index is -4.65. The molecule has 0 saturated carbocycles. The Balaban J connectivity index is 1.46. The Bertz CT molecular complexity index is 1360. The number of para-hydroxylation sites is 1. The topological polar surface area (TPSA) is 89.1 Å². The first-order valence-electron chi connectivity index (χ1n) is 13.6. The molecule has 0 radical (unpaired) electrons. The number of nitrogens with zero attached hydrogens (tertiary/aromatic N) is 5. The van der Waals surface area contributed by atoms with Gasteiger partial charge in [-0.15, -0.1) is 0 Å². The fourth-order valence-corrected chi connectivity index (χ4v) is 5.29. The Morgan fingerprint density at radius 3 is 2.60 bits per heavy atom. The number of anilines is 3. The van der Waals surface area contributed by atoms with E-state index < -0.39 is 35.4 Å². The molecule has 2 aliphatic heterocycles. The van der Waals surface area contributed by atoms with Gasteiger partial charge in [-0.3, -0.25) is 19.3 Å². The molecule has 3 amide bonds. The number of carbonyl (C=O) groups is 3. The number of rotatable bonds is 10. The first kappa shape index (κ1) is 30.9. The minimum Gasteiger partial charge on any atom is -0.370 e. The number of likely N-dealkylation sites (N-methyl/N-ethyl adjacent to an activating group) is 1. The molecule has 2 fully saturated rings. The number of aromatic nitrogens is 1. The fourth-order valence-electron chi connectivity index (χ4n) is 5.29. The molecule has 2 aromatic rings. The van der Waals surface area contributed by atoms with E-state index in [1.54, 1.807) is 22.9 Å². The molecule has 9 nitrogen and oxygen atoms in total. The molecule has 0 aliphatic carbocycles. The summed E-state index contributed by atoms with van der Waals surface area (Å²) < 4.78 is 55.5. The highest BCUT2D eigenvalue weighted by molar-refractivity contribution is 6.09. The van der Waals surface area contributed by atoms with Gasteiger partial charge >= 0.3 is 6.18 Å². The average molecular weight is 591 g/mol. The molecule has 226 valence electrons. The average Bonchev–Trinajstić information content (AvgIpc) is 3.30. The summed E-state index contributed by atoms with van der Waals surface area (Å²) in [5.41, 5.74) is -0.459. The fraction of sp³-hybridized carbons (Fsp3) is 0.448. The van der Waals surface area contributed by atoms with E-state index in [0.29, 0.717) is 32.6 Å². The maximum atomic E-state index is 15.1. The Morgan fingerprint density at radius 2 is 1.93 bits per heavy atom. The quantitative estimate of drug-likeness (QED) is 0.259. The van der Waals surface area contributed by atoms with Gasteiger partial charge in [0.05, 0.1) is 16.9 Å². The van der Waals surface area contributed by atoms with Gasteiger partial charge in [0.25, 0.3) is 0 Å². The summed E-state index contributed by atoms with van der Waals surface area (Å²) in [7, 11) is 3.16. The largest absolute Gasteiger partial charge is 0.416 e. The molecule has 0 bridgehead atoms. The smallest absolute Gasteiger partial charge is 0.370 e. The number of nitrogens with one attached hydrogen (secondary N) is 1. The molecule has 1 atom stereocenters. The third-order valence-corrected chi connectivity index (χ3v) is 7.52. The standard InChI is InChI=1S/C29H34F4N6O3/c1-5-25(40)38-16-20(17-38)34-12-7-13-36(3)27-21(30)8-6-9-22(27)37(4)28(42)23-10-11-26(41)39(23)24-15-19(29(31,32)33)14-18(2)35-24/h5-6,8-9,14-15,20,23,34H,1,7,10-13,16-17H2,2-4H3. The number of hydrogen-bond acceptors (Lipinski definition) is 6. The normalized spacial score (nSPS) is 17.3. The van der Waals surface area contributed by atoms with Gasteiger partial charge in [-0.1, -0.05) is 12.6 Å². The van der Waals surface area contributed by atoms with Crippen LogP contribution in [0.15, 0.2) is 43.0 Å². The van der Waals surface area contributed by atoms with Crippen molar-refractivity contribution >= 4 is 34.9 Å². The highest BCUT2D eigenvalue weighted by atomic mass is 19.4. The summed E-state index contributed by atoms with van der Waals surface area (Å²) in [5.74, 6) is -1.98. The highest BCUT2D eigenvalue weighted by Crippen LogP contribution is 2.36. The van der Waals surface area contributed by atoms with E-state index in [2.05, 4.69) is 16.9 Å². The number of hydrogen-bond donors (Lipinski definition) is 1. The molecule has 42 heavy (non-hydrogen) atoms. The van der Waals surface area contributed by atoms with E-state index in [-0.39, 0.29) is 47.7 Å². The van der Waals surface area contributed by atoms with Crippen LogP contribution in [0.2, 0.25) is 0 Å². The van der Waals surface area contributed by atoms with Crippen LogP contribution < -0.4 is 20.0 Å². The molecule has 4 rings (SSSR count). The van der Waals surface area contributed by atoms with Gasteiger partial charge in [-0.2, -0.15) is 13.2 Å². The number of carbonyl (C=O) groups excluding carboxylic acids is 3. The van der Waals surface area contributed by atoms with E-state index in [9.17, 15) is 27.6 Å². The lowest BCUT2D eigenvalue weighted by molar-refractivity contribution is -0.137. The van der Waals surface area contributed by atoms with E-state index in [0.717, 1.165) is 17.0 Å². The Kier molecular flexibility index (Phi) is 9.19. The van der Waals surface area contributed by atoms with Crippen LogP contribution in [0.3, 0.4) is 0 Å². The van der Waals surface area contributed by atoms with Gasteiger partial charge in [0, 0.05) is 51.9 Å². The summed E-state index contributed by atoms with van der Waals surface area (Å²) >= 11 is 0. The van der Waals surface area contributed by atoms with Crippen molar-refractivity contribution in [2.75, 3.05) is 55.0 Å². The van der Waals surface area contributed by atoms with Crippen molar-refractivity contribution in [3.63, 3.8) is 0 Å². The lowest BCUT2D eigenvalue weighted by Crippen LogP contribution is -2.59. The van der Waals surface area contributed by atoms with Crippen molar-refractivity contribution in [2.24, 2.45) is 0 Å². The first-order valence-corrected chi connectivity index (χ1v) is 13.6. The summed E-state index contributed by atoms with van der Waals surface area (Å²) in [5, 5.41) is 3.36. The third kappa shape index (κ3) is 6.56. The molecule has 13 heteroatoms. The molecule has 1 aromatic carbocycles.